The average molecular weight is 912 g/mol. The zero-order valence-electron chi connectivity index (χ0n) is 45.1. The van der Waals surface area contributed by atoms with Gasteiger partial charge in [-0.05, 0) is 53.4 Å². The van der Waals surface area contributed by atoms with Crippen LogP contribution in [0.1, 0.15) is 254 Å². The van der Waals surface area contributed by atoms with Gasteiger partial charge in [-0.1, -0.05) is 326 Å². The molecular formula is C65H106BN. The molecule has 0 unspecified atom stereocenters. The fourth-order valence-corrected chi connectivity index (χ4v) is 11.4. The van der Waals surface area contributed by atoms with E-state index in [1.165, 1.54) is 262 Å². The average Bonchev–Trinajstić information content (AvgIpc) is 3.33. The summed E-state index contributed by atoms with van der Waals surface area (Å²) >= 11 is 0. The Kier molecular flexibility index (Phi) is 32.8. The van der Waals surface area contributed by atoms with E-state index >= 15 is 0 Å². The van der Waals surface area contributed by atoms with Crippen molar-refractivity contribution in [2.45, 2.75) is 266 Å². The predicted octanol–water partition coefficient (Wildman–Crippen LogP) is 17.2. The van der Waals surface area contributed by atoms with E-state index in [2.05, 4.69) is 144 Å². The number of quaternary nitrogens is 1. The summed E-state index contributed by atoms with van der Waals surface area (Å²) in [6.07, 6.45) is 48.2. The molecule has 2 heteroatoms. The SMILES string of the molecule is CCCCCCCCCCCCCCCCCCC([NH3+])CCCCCCCCCCCCCCCCCC.Cc1ccccc1[B-](c1ccccc1C)(c1ccccc1C)c1ccccc1C. The van der Waals surface area contributed by atoms with Gasteiger partial charge >= 0.3 is 0 Å². The highest BCUT2D eigenvalue weighted by Crippen LogP contribution is 2.19. The maximum Gasteiger partial charge on any atom is 0.109 e. The van der Waals surface area contributed by atoms with Crippen molar-refractivity contribution in [2.75, 3.05) is 0 Å². The molecule has 0 saturated heterocycles. The quantitative estimate of drug-likeness (QED) is 0.0343. The van der Waals surface area contributed by atoms with Gasteiger partial charge in [-0.15, -0.1) is 0 Å². The summed E-state index contributed by atoms with van der Waals surface area (Å²) in [6, 6.07) is 36.4. The van der Waals surface area contributed by atoms with Crippen molar-refractivity contribution in [1.29, 1.82) is 0 Å². The Morgan fingerprint density at radius 3 is 0.657 bits per heavy atom. The minimum absolute atomic E-state index is 0.716. The molecule has 0 aliphatic heterocycles. The first-order valence-corrected chi connectivity index (χ1v) is 29.1. The molecule has 4 rings (SSSR count). The molecule has 67 heavy (non-hydrogen) atoms. The Labute approximate surface area is 417 Å². The van der Waals surface area contributed by atoms with E-state index in [1.807, 2.05) is 0 Å². The predicted molar refractivity (Wildman–Crippen MR) is 304 cm³/mol. The lowest BCUT2D eigenvalue weighted by molar-refractivity contribution is -0.423. The monoisotopic (exact) mass is 912 g/mol. The molecule has 3 N–H and O–H groups in total. The van der Waals surface area contributed by atoms with Gasteiger partial charge in [-0.25, -0.2) is 0 Å². The molecule has 0 aliphatic carbocycles. The zero-order chi connectivity index (χ0) is 48.1. The maximum atomic E-state index is 4.45. The van der Waals surface area contributed by atoms with Crippen LogP contribution in [0, 0.1) is 27.7 Å². The molecule has 0 bridgehead atoms. The number of hydrogen-bond acceptors (Lipinski definition) is 0. The molecule has 0 amide bonds. The van der Waals surface area contributed by atoms with Crippen LogP contribution in [-0.2, 0) is 0 Å². The molecule has 4 aromatic carbocycles. The molecule has 0 fully saturated rings. The Balaban J connectivity index is 0.000000365. The fourth-order valence-electron chi connectivity index (χ4n) is 11.4. The van der Waals surface area contributed by atoms with Crippen molar-refractivity contribution < 1.29 is 5.73 Å². The molecule has 0 radical (unpaired) electrons. The van der Waals surface area contributed by atoms with Crippen molar-refractivity contribution >= 4 is 28.0 Å². The van der Waals surface area contributed by atoms with Gasteiger partial charge in [-0.3, -0.25) is 0 Å². The third kappa shape index (κ3) is 22.9. The highest BCUT2D eigenvalue weighted by atomic mass is 14.6. The topological polar surface area (TPSA) is 27.6 Å². The Bertz CT molecular complexity index is 1550. The van der Waals surface area contributed by atoms with E-state index in [-0.39, 0.29) is 0 Å². The first-order chi connectivity index (χ1) is 32.9. The molecule has 0 aromatic heterocycles. The van der Waals surface area contributed by atoms with Crippen molar-refractivity contribution in [3.8, 4) is 0 Å². The van der Waals surface area contributed by atoms with Crippen LogP contribution >= 0.6 is 0 Å². The molecule has 0 spiro atoms. The second-order valence-electron chi connectivity index (χ2n) is 21.3. The van der Waals surface area contributed by atoms with E-state index in [1.54, 1.807) is 0 Å². The third-order valence-corrected chi connectivity index (χ3v) is 15.6. The molecule has 0 atom stereocenters. The van der Waals surface area contributed by atoms with Gasteiger partial charge in [0.05, 0.1) is 6.04 Å². The molecule has 0 heterocycles. The second-order valence-corrected chi connectivity index (χ2v) is 21.3. The van der Waals surface area contributed by atoms with Gasteiger partial charge in [0.1, 0.15) is 6.15 Å². The van der Waals surface area contributed by atoms with Crippen molar-refractivity contribution in [1.82, 2.24) is 0 Å². The van der Waals surface area contributed by atoms with Gasteiger partial charge < -0.3 is 5.73 Å². The summed E-state index contributed by atoms with van der Waals surface area (Å²) < 4.78 is 0. The Morgan fingerprint density at radius 1 is 0.284 bits per heavy atom. The Morgan fingerprint density at radius 2 is 0.463 bits per heavy atom. The zero-order valence-corrected chi connectivity index (χ0v) is 45.1. The molecule has 0 saturated carbocycles. The molecule has 374 valence electrons. The van der Waals surface area contributed by atoms with Crippen molar-refractivity contribution in [3.63, 3.8) is 0 Å². The van der Waals surface area contributed by atoms with Crippen LogP contribution in [-0.4, -0.2) is 12.2 Å². The number of rotatable bonds is 38. The van der Waals surface area contributed by atoms with Gasteiger partial charge in [0.15, 0.2) is 0 Å². The van der Waals surface area contributed by atoms with Crippen LogP contribution in [0.15, 0.2) is 97.1 Å². The van der Waals surface area contributed by atoms with Crippen LogP contribution in [0.4, 0.5) is 0 Å². The molecule has 4 aromatic rings. The lowest BCUT2D eigenvalue weighted by atomic mass is 9.11. The smallest absolute Gasteiger partial charge is 0.109 e. The largest absolute Gasteiger partial charge is 0.355 e. The summed E-state index contributed by atoms with van der Waals surface area (Å²) in [4.78, 5) is 0. The Hall–Kier alpha value is -3.10. The molecule has 0 aliphatic rings. The number of benzene rings is 4. The summed E-state index contributed by atoms with van der Waals surface area (Å²) in [5.41, 5.74) is 15.4. The van der Waals surface area contributed by atoms with Crippen LogP contribution < -0.4 is 27.6 Å². The number of unbranched alkanes of at least 4 members (excludes halogenated alkanes) is 30. The van der Waals surface area contributed by atoms with Crippen LogP contribution in [0.5, 0.6) is 0 Å². The first kappa shape index (κ1) is 58.2. The summed E-state index contributed by atoms with van der Waals surface area (Å²) in [5, 5.41) is 0. The summed E-state index contributed by atoms with van der Waals surface area (Å²) in [6.45, 7) is 13.6. The van der Waals surface area contributed by atoms with Gasteiger partial charge in [-0.2, -0.15) is 21.9 Å². The van der Waals surface area contributed by atoms with Crippen molar-refractivity contribution in [3.05, 3.63) is 119 Å². The van der Waals surface area contributed by atoms with Gasteiger partial charge in [0.25, 0.3) is 0 Å². The normalized spacial score (nSPS) is 11.6. The first-order valence-electron chi connectivity index (χ1n) is 29.1. The minimum atomic E-state index is -1.32. The minimum Gasteiger partial charge on any atom is -0.355 e. The van der Waals surface area contributed by atoms with Crippen LogP contribution in [0.25, 0.3) is 0 Å². The highest BCUT2D eigenvalue weighted by molar-refractivity contribution is 7.20. The van der Waals surface area contributed by atoms with E-state index in [0.29, 0.717) is 6.04 Å². The second kappa shape index (κ2) is 37.8. The maximum absolute atomic E-state index is 4.45. The lowest BCUT2D eigenvalue weighted by Crippen LogP contribution is -2.76. The van der Waals surface area contributed by atoms with Crippen LogP contribution in [0.2, 0.25) is 0 Å². The van der Waals surface area contributed by atoms with Crippen LogP contribution in [0.3, 0.4) is 0 Å². The molecular weight excluding hydrogens is 806 g/mol. The van der Waals surface area contributed by atoms with E-state index < -0.39 is 6.15 Å². The van der Waals surface area contributed by atoms with E-state index in [9.17, 15) is 0 Å². The highest BCUT2D eigenvalue weighted by Gasteiger charge is 2.35. The van der Waals surface area contributed by atoms with E-state index in [4.69, 9.17) is 0 Å². The fraction of sp³-hybridized carbons (Fsp3) is 0.631. The lowest BCUT2D eigenvalue weighted by Gasteiger charge is -2.48. The summed E-state index contributed by atoms with van der Waals surface area (Å²) in [7, 11) is 0. The van der Waals surface area contributed by atoms with E-state index in [0.717, 1.165) is 0 Å². The van der Waals surface area contributed by atoms with Gasteiger partial charge in [0.2, 0.25) is 0 Å². The number of aryl methyl sites for hydroxylation is 4. The standard InChI is InChI=1S/C37H77N.C28H28B/c1-3-5-7-9-11-13-15-17-19-21-23-25-27-29-31-33-35-37(38)36-34-32-30-28-26-24-22-20-18-16-14-12-10-8-6-4-2;1-21-13-5-9-17-25(21)29(26-18-10-6-14-22(26)2,27-19-11-7-15-23(27)3)28-20-12-8-16-24(28)4/h37H,3-36,38H2,1-2H3;5-20H,1-4H3/q;-1/p+1. The third-order valence-electron chi connectivity index (χ3n) is 15.6. The summed E-state index contributed by atoms with van der Waals surface area (Å²) in [5.74, 6) is 0. The molecule has 1 nitrogen and oxygen atoms in total. The van der Waals surface area contributed by atoms with Crippen molar-refractivity contribution in [2.24, 2.45) is 0 Å². The van der Waals surface area contributed by atoms with Gasteiger partial charge in [0, 0.05) is 0 Å². The number of hydrogen-bond donors (Lipinski definition) is 1.